The highest BCUT2D eigenvalue weighted by atomic mass is 16.4. The van der Waals surface area contributed by atoms with E-state index in [-0.39, 0.29) is 5.92 Å². The number of aliphatic hydroxyl groups is 2. The van der Waals surface area contributed by atoms with Gasteiger partial charge in [0.1, 0.15) is 36.8 Å². The summed E-state index contributed by atoms with van der Waals surface area (Å²) in [5.74, 6) is -6.51. The Morgan fingerprint density at radius 2 is 1.18 bits per heavy atom. The fraction of sp³-hybridized carbons (Fsp3) is 0.682. The smallest absolute Gasteiger partial charge is 0.322 e. The SMILES string of the molecule is CC(C)[C@H](NC(=O)[C@@H](N)CO)C(=O)N[C@@H](C)C(=O)NCC(=O)N[C@@H](C)C(=O)N[C@H](C(=O)NCC(=O)O)[C@@H](C)O. The van der Waals surface area contributed by atoms with Crippen LogP contribution >= 0.6 is 0 Å². The molecule has 0 spiro atoms. The molecule has 11 N–H and O–H groups in total. The van der Waals surface area contributed by atoms with Crippen LogP contribution in [0.15, 0.2) is 0 Å². The van der Waals surface area contributed by atoms with Crippen LogP contribution in [0.1, 0.15) is 34.6 Å². The van der Waals surface area contributed by atoms with Crippen molar-refractivity contribution in [3.05, 3.63) is 0 Å². The normalized spacial score (nSPS) is 15.4. The highest BCUT2D eigenvalue weighted by molar-refractivity contribution is 5.95. The average molecular weight is 562 g/mol. The van der Waals surface area contributed by atoms with Crippen LogP contribution in [-0.4, -0.2) is 113 Å². The first-order chi connectivity index (χ1) is 18.0. The summed E-state index contributed by atoms with van der Waals surface area (Å²) in [4.78, 5) is 83.9. The lowest BCUT2D eigenvalue weighted by Crippen LogP contribution is -2.58. The van der Waals surface area contributed by atoms with Gasteiger partial charge in [-0.15, -0.1) is 0 Å². The van der Waals surface area contributed by atoms with Crippen molar-refractivity contribution in [2.45, 2.75) is 70.9 Å². The van der Waals surface area contributed by atoms with Crippen LogP contribution in [0.5, 0.6) is 0 Å². The van der Waals surface area contributed by atoms with Gasteiger partial charge in [0.05, 0.1) is 19.3 Å². The van der Waals surface area contributed by atoms with Gasteiger partial charge in [0.25, 0.3) is 0 Å². The second-order valence-corrected chi connectivity index (χ2v) is 9.10. The van der Waals surface area contributed by atoms with Crippen LogP contribution < -0.4 is 37.6 Å². The molecule has 0 saturated heterocycles. The van der Waals surface area contributed by atoms with Gasteiger partial charge in [-0.2, -0.15) is 0 Å². The Morgan fingerprint density at radius 3 is 1.67 bits per heavy atom. The minimum atomic E-state index is -1.49. The highest BCUT2D eigenvalue weighted by Crippen LogP contribution is 2.03. The number of nitrogens with two attached hydrogens (primary N) is 1. The molecule has 0 aromatic carbocycles. The zero-order chi connectivity index (χ0) is 30.4. The van der Waals surface area contributed by atoms with E-state index >= 15 is 0 Å². The van der Waals surface area contributed by atoms with E-state index in [0.29, 0.717) is 0 Å². The van der Waals surface area contributed by atoms with Gasteiger partial charge in [-0.05, 0) is 26.7 Å². The Labute approximate surface area is 225 Å². The first-order valence-corrected chi connectivity index (χ1v) is 12.0. The number of amides is 6. The maximum absolute atomic E-state index is 12.6. The van der Waals surface area contributed by atoms with Crippen molar-refractivity contribution in [2.75, 3.05) is 19.7 Å². The number of carbonyl (C=O) groups is 7. The van der Waals surface area contributed by atoms with E-state index in [4.69, 9.17) is 15.9 Å². The molecular weight excluding hydrogens is 522 g/mol. The molecule has 17 nitrogen and oxygen atoms in total. The molecular formula is C22H39N7O10. The molecule has 222 valence electrons. The Hall–Kier alpha value is -3.83. The Balaban J connectivity index is 4.84. The van der Waals surface area contributed by atoms with E-state index in [1.54, 1.807) is 13.8 Å². The van der Waals surface area contributed by atoms with E-state index in [2.05, 4.69) is 26.6 Å². The van der Waals surface area contributed by atoms with E-state index in [1.807, 2.05) is 5.32 Å². The molecule has 0 aromatic heterocycles. The molecule has 0 aliphatic heterocycles. The molecule has 0 aliphatic rings. The van der Waals surface area contributed by atoms with Gasteiger partial charge < -0.3 is 53.0 Å². The number of hydrogen-bond donors (Lipinski definition) is 10. The van der Waals surface area contributed by atoms with Crippen molar-refractivity contribution < 1.29 is 48.9 Å². The maximum atomic E-state index is 12.6. The van der Waals surface area contributed by atoms with Crippen LogP contribution in [0.3, 0.4) is 0 Å². The van der Waals surface area contributed by atoms with Gasteiger partial charge in [0.15, 0.2) is 0 Å². The predicted molar refractivity (Wildman–Crippen MR) is 134 cm³/mol. The summed E-state index contributed by atoms with van der Waals surface area (Å²) in [6.07, 6.45) is -1.38. The van der Waals surface area contributed by atoms with E-state index in [9.17, 15) is 38.7 Å². The zero-order valence-corrected chi connectivity index (χ0v) is 22.4. The summed E-state index contributed by atoms with van der Waals surface area (Å²) in [7, 11) is 0. The lowest BCUT2D eigenvalue weighted by molar-refractivity contribution is -0.139. The van der Waals surface area contributed by atoms with Crippen molar-refractivity contribution in [3.63, 3.8) is 0 Å². The molecule has 0 heterocycles. The summed E-state index contributed by atoms with van der Waals surface area (Å²) >= 11 is 0. The van der Waals surface area contributed by atoms with Crippen LogP contribution in [0.25, 0.3) is 0 Å². The van der Waals surface area contributed by atoms with Crippen LogP contribution in [0, 0.1) is 5.92 Å². The standard InChI is InChI=1S/C22H39N7O10/c1-9(2)16(28-20(37)13(23)8-30)22(39)27-10(3)18(35)24-6-14(32)26-11(4)19(36)29-17(12(5)31)21(38)25-7-15(33)34/h9-13,16-17,30-31H,6-8,23H2,1-5H3,(H,24,35)(H,25,38)(H,26,32)(H,27,39)(H,28,37)(H,29,36)(H,33,34)/t10-,11-,12+,13-,16-,17-/m0/s1. The van der Waals surface area contributed by atoms with E-state index in [0.717, 1.165) is 0 Å². The summed E-state index contributed by atoms with van der Waals surface area (Å²) in [6, 6.07) is -6.09. The second kappa shape index (κ2) is 16.9. The van der Waals surface area contributed by atoms with Crippen LogP contribution in [0.4, 0.5) is 0 Å². The topological polar surface area (TPSA) is 278 Å². The number of nitrogens with one attached hydrogen (secondary N) is 6. The van der Waals surface area contributed by atoms with Gasteiger partial charge in [0, 0.05) is 0 Å². The summed E-state index contributed by atoms with van der Waals surface area (Å²) in [5.41, 5.74) is 5.44. The number of rotatable bonds is 16. The van der Waals surface area contributed by atoms with Gasteiger partial charge in [-0.1, -0.05) is 13.8 Å². The van der Waals surface area contributed by atoms with Crippen molar-refractivity contribution in [1.29, 1.82) is 0 Å². The molecule has 6 amide bonds. The lowest BCUT2D eigenvalue weighted by atomic mass is 10.0. The fourth-order valence-electron chi connectivity index (χ4n) is 2.88. The van der Waals surface area contributed by atoms with Crippen LogP contribution in [0.2, 0.25) is 0 Å². The minimum absolute atomic E-state index is 0.384. The highest BCUT2D eigenvalue weighted by Gasteiger charge is 2.30. The van der Waals surface area contributed by atoms with Crippen LogP contribution in [-0.2, 0) is 33.6 Å². The average Bonchev–Trinajstić information content (AvgIpc) is 2.85. The maximum Gasteiger partial charge on any atom is 0.322 e. The number of hydrogen-bond acceptors (Lipinski definition) is 10. The molecule has 0 aromatic rings. The van der Waals surface area contributed by atoms with Gasteiger partial charge in [-0.25, -0.2) is 0 Å². The third-order valence-electron chi connectivity index (χ3n) is 5.20. The summed E-state index contributed by atoms with van der Waals surface area (Å²) < 4.78 is 0. The van der Waals surface area contributed by atoms with Crippen molar-refractivity contribution >= 4 is 41.4 Å². The largest absolute Gasteiger partial charge is 0.480 e. The summed E-state index contributed by atoms with van der Waals surface area (Å²) in [6.45, 7) is 5.17. The van der Waals surface area contributed by atoms with Crippen molar-refractivity contribution in [1.82, 2.24) is 31.9 Å². The fourth-order valence-corrected chi connectivity index (χ4v) is 2.88. The number of aliphatic carboxylic acids is 1. The van der Waals surface area contributed by atoms with Gasteiger partial charge >= 0.3 is 5.97 Å². The number of carbonyl (C=O) groups excluding carboxylic acids is 6. The molecule has 0 unspecified atom stereocenters. The number of aliphatic hydroxyl groups excluding tert-OH is 2. The monoisotopic (exact) mass is 561 g/mol. The van der Waals surface area contributed by atoms with Crippen molar-refractivity contribution in [2.24, 2.45) is 11.7 Å². The van der Waals surface area contributed by atoms with E-state index in [1.165, 1.54) is 20.8 Å². The van der Waals surface area contributed by atoms with E-state index < -0.39 is 97.4 Å². The number of carboxylic acid groups (broad SMARTS) is 1. The molecule has 0 bridgehead atoms. The third kappa shape index (κ3) is 13.0. The number of carboxylic acids is 1. The summed E-state index contributed by atoms with van der Waals surface area (Å²) in [5, 5.41) is 40.9. The molecule has 0 saturated carbocycles. The Bertz CT molecular complexity index is 912. The van der Waals surface area contributed by atoms with Gasteiger partial charge in [-0.3, -0.25) is 33.6 Å². The molecule has 0 rings (SSSR count). The first kappa shape index (κ1) is 35.2. The minimum Gasteiger partial charge on any atom is -0.480 e. The molecule has 39 heavy (non-hydrogen) atoms. The molecule has 0 aliphatic carbocycles. The molecule has 17 heteroatoms. The van der Waals surface area contributed by atoms with Crippen molar-refractivity contribution in [3.8, 4) is 0 Å². The zero-order valence-electron chi connectivity index (χ0n) is 22.4. The predicted octanol–water partition coefficient (Wildman–Crippen LogP) is -5.36. The first-order valence-electron chi connectivity index (χ1n) is 12.0. The molecule has 0 radical (unpaired) electrons. The Morgan fingerprint density at radius 1 is 0.667 bits per heavy atom. The molecule has 6 atom stereocenters. The second-order valence-electron chi connectivity index (χ2n) is 9.10. The lowest BCUT2D eigenvalue weighted by Gasteiger charge is -2.25. The molecule has 0 fully saturated rings. The van der Waals surface area contributed by atoms with Gasteiger partial charge in [0.2, 0.25) is 35.4 Å². The Kier molecular flexibility index (Phi) is 15.2. The quantitative estimate of drug-likeness (QED) is 0.0849. The third-order valence-corrected chi connectivity index (χ3v) is 5.20.